The first kappa shape index (κ1) is 22.5. The smallest absolute Gasteiger partial charge is 0.341 e. The Kier molecular flexibility index (Phi) is 6.82. The number of halogens is 4. The van der Waals surface area contributed by atoms with Crippen LogP contribution in [0.1, 0.15) is 34.8 Å². The van der Waals surface area contributed by atoms with Gasteiger partial charge in [-0.15, -0.1) is 0 Å². The number of aryl methyl sites for hydroxylation is 1. The Hall–Kier alpha value is -2.52. The molecule has 0 spiro atoms. The maximum Gasteiger partial charge on any atom is 0.341 e. The number of methoxy groups -OCH3 is 1. The van der Waals surface area contributed by atoms with Gasteiger partial charge in [-0.1, -0.05) is 0 Å². The van der Waals surface area contributed by atoms with E-state index in [2.05, 4.69) is 0 Å². The second kappa shape index (κ2) is 7.58. The SMILES string of the molecule is COc1c(F)c(F)c(C)c2c(=O)c(C(=O)O)cn(C3CC3)c12.F.F.[B]. The summed E-state index contributed by atoms with van der Waals surface area (Å²) in [5.74, 6) is -4.15. The predicted octanol–water partition coefficient (Wildman–Crippen LogP) is 2.55. The number of aromatic carboxylic acids is 1. The number of carboxylic acid groups (broad SMARTS) is 1. The Morgan fingerprint density at radius 3 is 2.28 bits per heavy atom. The Bertz CT molecular complexity index is 880. The number of aromatic nitrogens is 1. The number of hydrogen-bond acceptors (Lipinski definition) is 3. The first-order valence-electron chi connectivity index (χ1n) is 6.72. The molecule has 0 unspecified atom stereocenters. The highest BCUT2D eigenvalue weighted by Gasteiger charge is 2.31. The van der Waals surface area contributed by atoms with E-state index in [9.17, 15) is 23.5 Å². The molecule has 0 bridgehead atoms. The van der Waals surface area contributed by atoms with Crippen LogP contribution in [0.15, 0.2) is 11.0 Å². The van der Waals surface area contributed by atoms with Crippen molar-refractivity contribution >= 4 is 25.3 Å². The number of carboxylic acids is 1. The summed E-state index contributed by atoms with van der Waals surface area (Å²) in [5, 5.41) is 9.03. The molecule has 1 fully saturated rings. The summed E-state index contributed by atoms with van der Waals surface area (Å²) in [7, 11) is 1.18. The highest BCUT2D eigenvalue weighted by atomic mass is 19.2. The minimum atomic E-state index is -1.40. The minimum Gasteiger partial charge on any atom is -0.491 e. The largest absolute Gasteiger partial charge is 0.491 e. The van der Waals surface area contributed by atoms with E-state index in [4.69, 9.17) is 4.74 Å². The van der Waals surface area contributed by atoms with Gasteiger partial charge in [0.05, 0.1) is 18.0 Å². The first-order valence-corrected chi connectivity index (χ1v) is 6.72. The van der Waals surface area contributed by atoms with Gasteiger partial charge in [-0.2, -0.15) is 4.39 Å². The van der Waals surface area contributed by atoms with E-state index in [0.717, 1.165) is 12.8 Å². The number of hydrogen-bond donors (Lipinski definition) is 1. The van der Waals surface area contributed by atoms with Crippen LogP contribution < -0.4 is 10.2 Å². The standard InChI is InChI=1S/C15H13F2NO4.B.2FH/c1-6-9-12(14(22-2)11(17)10(6)16)18(7-3-4-7)5-8(13(9)19)15(20)21;;;/h5,7H,3-4H2,1-2H3,(H,20,21);;2*1H. The summed E-state index contributed by atoms with van der Waals surface area (Å²) in [6.45, 7) is 1.25. The van der Waals surface area contributed by atoms with Crippen molar-refractivity contribution in [3.05, 3.63) is 39.2 Å². The third kappa shape index (κ3) is 3.20. The molecule has 1 aromatic heterocycles. The molecule has 135 valence electrons. The van der Waals surface area contributed by atoms with Crippen LogP contribution in [0.4, 0.5) is 18.2 Å². The lowest BCUT2D eigenvalue weighted by Gasteiger charge is -2.17. The molecule has 0 amide bonds. The predicted molar refractivity (Wildman–Crippen MR) is 85.4 cm³/mol. The van der Waals surface area contributed by atoms with Crippen LogP contribution in [-0.4, -0.2) is 31.2 Å². The number of rotatable bonds is 3. The maximum atomic E-state index is 14.1. The zero-order valence-electron chi connectivity index (χ0n) is 13.3. The molecule has 1 aromatic carbocycles. The first-order chi connectivity index (χ1) is 10.4. The summed E-state index contributed by atoms with van der Waals surface area (Å²) >= 11 is 0. The molecule has 0 saturated heterocycles. The Balaban J connectivity index is 0.00000192. The van der Waals surface area contributed by atoms with Gasteiger partial charge in [-0.05, 0) is 19.8 Å². The van der Waals surface area contributed by atoms with Gasteiger partial charge in [0, 0.05) is 26.2 Å². The van der Waals surface area contributed by atoms with E-state index >= 15 is 0 Å². The summed E-state index contributed by atoms with van der Waals surface area (Å²) in [5.41, 5.74) is -1.41. The molecular formula is C15H15BF4NO4. The molecule has 0 aliphatic heterocycles. The normalized spacial score (nSPS) is 12.6. The number of nitrogens with zero attached hydrogens (tertiary/aromatic N) is 1. The van der Waals surface area contributed by atoms with Gasteiger partial charge < -0.3 is 14.4 Å². The van der Waals surface area contributed by atoms with E-state index in [0.29, 0.717) is 0 Å². The van der Waals surface area contributed by atoms with E-state index in [1.165, 1.54) is 24.8 Å². The van der Waals surface area contributed by atoms with Crippen LogP contribution in [0, 0.1) is 18.6 Å². The van der Waals surface area contributed by atoms with Gasteiger partial charge in [0.15, 0.2) is 11.6 Å². The van der Waals surface area contributed by atoms with Crippen molar-refractivity contribution in [3.63, 3.8) is 0 Å². The van der Waals surface area contributed by atoms with Crippen molar-refractivity contribution in [1.29, 1.82) is 0 Å². The molecule has 0 atom stereocenters. The average Bonchev–Trinajstić information content (AvgIpc) is 3.29. The zero-order chi connectivity index (χ0) is 16.2. The molecule has 3 rings (SSSR count). The molecule has 3 radical (unpaired) electrons. The Morgan fingerprint density at radius 2 is 1.84 bits per heavy atom. The maximum absolute atomic E-state index is 14.1. The molecule has 1 aliphatic rings. The fraction of sp³-hybridized carbons (Fsp3) is 0.333. The third-order valence-electron chi connectivity index (χ3n) is 3.92. The quantitative estimate of drug-likeness (QED) is 0.675. The summed E-state index contributed by atoms with van der Waals surface area (Å²) in [6, 6.07) is -0.0423. The molecule has 2 aromatic rings. The Labute approximate surface area is 141 Å². The second-order valence-corrected chi connectivity index (χ2v) is 5.33. The van der Waals surface area contributed by atoms with Gasteiger partial charge in [-0.3, -0.25) is 14.2 Å². The van der Waals surface area contributed by atoms with Crippen LogP contribution >= 0.6 is 0 Å². The molecule has 25 heavy (non-hydrogen) atoms. The zero-order valence-corrected chi connectivity index (χ0v) is 13.3. The molecule has 1 heterocycles. The number of pyridine rings is 1. The average molecular weight is 360 g/mol. The van der Waals surface area contributed by atoms with Crippen molar-refractivity contribution < 1.29 is 32.8 Å². The Morgan fingerprint density at radius 1 is 1.28 bits per heavy atom. The molecule has 1 saturated carbocycles. The van der Waals surface area contributed by atoms with E-state index in [-0.39, 0.29) is 46.1 Å². The summed E-state index contributed by atoms with van der Waals surface area (Å²) < 4.78 is 34.6. The van der Waals surface area contributed by atoms with Crippen molar-refractivity contribution in [2.75, 3.05) is 7.11 Å². The van der Waals surface area contributed by atoms with E-state index < -0.39 is 28.6 Å². The monoisotopic (exact) mass is 360 g/mol. The lowest BCUT2D eigenvalue weighted by atomic mass is 10.0. The number of ether oxygens (including phenoxy) is 1. The van der Waals surface area contributed by atoms with Gasteiger partial charge in [-0.25, -0.2) is 9.18 Å². The topological polar surface area (TPSA) is 68.5 Å². The van der Waals surface area contributed by atoms with Crippen molar-refractivity contribution in [3.8, 4) is 5.75 Å². The molecule has 10 heteroatoms. The fourth-order valence-electron chi connectivity index (χ4n) is 2.67. The van der Waals surface area contributed by atoms with E-state index in [1.807, 2.05) is 0 Å². The molecule has 5 nitrogen and oxygen atoms in total. The summed E-state index contributed by atoms with van der Waals surface area (Å²) in [4.78, 5) is 23.6. The number of benzene rings is 1. The van der Waals surface area contributed by atoms with Crippen LogP contribution in [0.3, 0.4) is 0 Å². The van der Waals surface area contributed by atoms with Crippen LogP contribution in [0.25, 0.3) is 10.9 Å². The number of fused-ring (bicyclic) bond motifs is 1. The molecule has 1 aliphatic carbocycles. The highest BCUT2D eigenvalue weighted by molar-refractivity contribution is 5.96. The third-order valence-corrected chi connectivity index (χ3v) is 3.92. The fourth-order valence-corrected chi connectivity index (χ4v) is 2.67. The lowest BCUT2D eigenvalue weighted by molar-refractivity contribution is 0.0695. The lowest BCUT2D eigenvalue weighted by Crippen LogP contribution is -2.21. The summed E-state index contributed by atoms with van der Waals surface area (Å²) in [6.07, 6.45) is 2.74. The van der Waals surface area contributed by atoms with Crippen molar-refractivity contribution in [1.82, 2.24) is 4.57 Å². The number of carbonyl (C=O) groups is 1. The van der Waals surface area contributed by atoms with Gasteiger partial charge in [0.25, 0.3) is 0 Å². The van der Waals surface area contributed by atoms with Gasteiger partial charge >= 0.3 is 5.97 Å². The van der Waals surface area contributed by atoms with Gasteiger partial charge in [0.1, 0.15) is 5.56 Å². The van der Waals surface area contributed by atoms with Gasteiger partial charge in [0.2, 0.25) is 11.2 Å². The minimum absolute atomic E-state index is 0. The van der Waals surface area contributed by atoms with Crippen molar-refractivity contribution in [2.24, 2.45) is 0 Å². The molecular weight excluding hydrogens is 345 g/mol. The second-order valence-electron chi connectivity index (χ2n) is 5.33. The van der Waals surface area contributed by atoms with Crippen LogP contribution in [-0.2, 0) is 0 Å². The van der Waals surface area contributed by atoms with Crippen molar-refractivity contribution in [2.45, 2.75) is 25.8 Å². The van der Waals surface area contributed by atoms with Crippen LogP contribution in [0.5, 0.6) is 5.75 Å². The highest BCUT2D eigenvalue weighted by Crippen LogP contribution is 2.41. The molecule has 1 N–H and O–H groups in total. The van der Waals surface area contributed by atoms with Crippen LogP contribution in [0.2, 0.25) is 0 Å². The van der Waals surface area contributed by atoms with E-state index in [1.54, 1.807) is 0 Å².